The number of para-hydroxylation sites is 1. The topological polar surface area (TPSA) is 36.1 Å². The standard InChI is InChI=1S/C14H9ClN2/c15-14(11-6-2-1-3-7-11)17-13-9-5-4-8-12(13)10-16/h1-9H. The van der Waals surface area contributed by atoms with Crippen LogP contribution in [-0.4, -0.2) is 5.17 Å². The fourth-order valence-corrected chi connectivity index (χ4v) is 1.63. The van der Waals surface area contributed by atoms with Crippen molar-refractivity contribution in [3.05, 3.63) is 65.7 Å². The van der Waals surface area contributed by atoms with Crippen molar-refractivity contribution in [1.82, 2.24) is 0 Å². The predicted octanol–water partition coefficient (Wildman–Crippen LogP) is 3.88. The number of rotatable bonds is 2. The van der Waals surface area contributed by atoms with E-state index in [0.717, 1.165) is 5.56 Å². The van der Waals surface area contributed by atoms with Crippen LogP contribution in [0.15, 0.2) is 59.6 Å². The zero-order chi connectivity index (χ0) is 12.1. The second-order valence-corrected chi connectivity index (χ2v) is 3.76. The molecule has 0 saturated carbocycles. The number of nitrogens with zero attached hydrogens (tertiary/aromatic N) is 2. The predicted molar refractivity (Wildman–Crippen MR) is 69.6 cm³/mol. The quantitative estimate of drug-likeness (QED) is 0.734. The smallest absolute Gasteiger partial charge is 0.136 e. The van der Waals surface area contributed by atoms with Gasteiger partial charge in [-0.1, -0.05) is 54.1 Å². The van der Waals surface area contributed by atoms with E-state index in [1.807, 2.05) is 36.4 Å². The van der Waals surface area contributed by atoms with Gasteiger partial charge in [0, 0.05) is 5.56 Å². The first-order chi connectivity index (χ1) is 8.31. The number of hydrogen-bond donors (Lipinski definition) is 0. The van der Waals surface area contributed by atoms with Gasteiger partial charge in [-0.2, -0.15) is 5.26 Å². The van der Waals surface area contributed by atoms with Gasteiger partial charge in [-0.3, -0.25) is 0 Å². The molecule has 0 unspecified atom stereocenters. The highest BCUT2D eigenvalue weighted by Gasteiger charge is 2.02. The lowest BCUT2D eigenvalue weighted by atomic mass is 10.2. The summed E-state index contributed by atoms with van der Waals surface area (Å²) < 4.78 is 0. The van der Waals surface area contributed by atoms with E-state index in [2.05, 4.69) is 11.1 Å². The highest BCUT2D eigenvalue weighted by molar-refractivity contribution is 6.69. The molecule has 3 heteroatoms. The summed E-state index contributed by atoms with van der Waals surface area (Å²) in [6, 6.07) is 18.6. The molecular weight excluding hydrogens is 232 g/mol. The lowest BCUT2D eigenvalue weighted by molar-refractivity contribution is 1.44. The van der Waals surface area contributed by atoms with Crippen molar-refractivity contribution in [3.8, 4) is 6.07 Å². The van der Waals surface area contributed by atoms with Gasteiger partial charge < -0.3 is 0 Å². The van der Waals surface area contributed by atoms with Gasteiger partial charge in [0.05, 0.1) is 11.3 Å². The van der Waals surface area contributed by atoms with E-state index >= 15 is 0 Å². The molecule has 0 aliphatic carbocycles. The molecule has 82 valence electrons. The van der Waals surface area contributed by atoms with E-state index in [1.165, 1.54) is 0 Å². The lowest BCUT2D eigenvalue weighted by Gasteiger charge is -2.00. The van der Waals surface area contributed by atoms with E-state index in [0.29, 0.717) is 16.4 Å². The van der Waals surface area contributed by atoms with Crippen molar-refractivity contribution >= 4 is 22.5 Å². The molecule has 2 aromatic carbocycles. The van der Waals surface area contributed by atoms with Crippen molar-refractivity contribution < 1.29 is 0 Å². The number of benzene rings is 2. The van der Waals surface area contributed by atoms with Crippen molar-refractivity contribution in [2.45, 2.75) is 0 Å². The van der Waals surface area contributed by atoms with Crippen molar-refractivity contribution in [2.24, 2.45) is 4.99 Å². The fourth-order valence-electron chi connectivity index (χ4n) is 1.41. The van der Waals surface area contributed by atoms with E-state index < -0.39 is 0 Å². The maximum Gasteiger partial charge on any atom is 0.136 e. The third-order valence-corrected chi connectivity index (χ3v) is 2.56. The number of nitriles is 1. The molecule has 2 rings (SSSR count). The fraction of sp³-hybridized carbons (Fsp3) is 0. The van der Waals surface area contributed by atoms with Gasteiger partial charge in [-0.05, 0) is 12.1 Å². The highest BCUT2D eigenvalue weighted by atomic mass is 35.5. The Morgan fingerprint density at radius 2 is 1.65 bits per heavy atom. The summed E-state index contributed by atoms with van der Waals surface area (Å²) in [7, 11) is 0. The van der Waals surface area contributed by atoms with Crippen LogP contribution in [0.3, 0.4) is 0 Å². The molecule has 0 spiro atoms. The van der Waals surface area contributed by atoms with Crippen LogP contribution in [-0.2, 0) is 0 Å². The van der Waals surface area contributed by atoms with Crippen LogP contribution in [0.2, 0.25) is 0 Å². The van der Waals surface area contributed by atoms with Gasteiger partial charge in [0.2, 0.25) is 0 Å². The number of aliphatic imine (C=N–C) groups is 1. The molecule has 17 heavy (non-hydrogen) atoms. The Hall–Kier alpha value is -2.11. The molecule has 0 amide bonds. The molecule has 0 heterocycles. The van der Waals surface area contributed by atoms with Gasteiger partial charge in [0.1, 0.15) is 11.2 Å². The van der Waals surface area contributed by atoms with Gasteiger partial charge in [-0.15, -0.1) is 0 Å². The maximum absolute atomic E-state index is 8.94. The second kappa shape index (κ2) is 5.29. The average Bonchev–Trinajstić information content (AvgIpc) is 2.40. The summed E-state index contributed by atoms with van der Waals surface area (Å²) in [5, 5.41) is 9.32. The Morgan fingerprint density at radius 3 is 2.35 bits per heavy atom. The largest absolute Gasteiger partial charge is 0.235 e. The summed E-state index contributed by atoms with van der Waals surface area (Å²) in [4.78, 5) is 4.26. The van der Waals surface area contributed by atoms with E-state index in [1.54, 1.807) is 18.2 Å². The molecule has 0 aliphatic rings. The Balaban J connectivity index is 2.41. The molecule has 0 atom stereocenters. The van der Waals surface area contributed by atoms with Crippen LogP contribution in [0, 0.1) is 11.3 Å². The molecule has 0 saturated heterocycles. The zero-order valence-electron chi connectivity index (χ0n) is 8.97. The average molecular weight is 241 g/mol. The first kappa shape index (κ1) is 11.4. The summed E-state index contributed by atoms with van der Waals surface area (Å²) in [5.41, 5.74) is 1.94. The summed E-state index contributed by atoms with van der Waals surface area (Å²) in [6.07, 6.45) is 0. The van der Waals surface area contributed by atoms with Crippen molar-refractivity contribution in [1.29, 1.82) is 5.26 Å². The zero-order valence-corrected chi connectivity index (χ0v) is 9.72. The van der Waals surface area contributed by atoms with E-state index in [-0.39, 0.29) is 0 Å². The Labute approximate surface area is 105 Å². The number of hydrogen-bond acceptors (Lipinski definition) is 2. The SMILES string of the molecule is N#Cc1ccccc1N=C(Cl)c1ccccc1. The molecule has 0 N–H and O–H groups in total. The molecule has 2 nitrogen and oxygen atoms in total. The molecule has 0 aliphatic heterocycles. The normalized spacial score (nSPS) is 10.9. The minimum absolute atomic E-state index is 0.383. The monoisotopic (exact) mass is 240 g/mol. The van der Waals surface area contributed by atoms with E-state index in [9.17, 15) is 0 Å². The molecule has 0 radical (unpaired) electrons. The number of halogens is 1. The summed E-state index contributed by atoms with van der Waals surface area (Å²) >= 11 is 6.11. The maximum atomic E-state index is 8.94. The van der Waals surface area contributed by atoms with Crippen LogP contribution in [0.1, 0.15) is 11.1 Å². The molecular formula is C14H9ClN2. The van der Waals surface area contributed by atoms with Crippen molar-refractivity contribution in [2.75, 3.05) is 0 Å². The summed E-state index contributed by atoms with van der Waals surface area (Å²) in [5.74, 6) is 0. The third kappa shape index (κ3) is 2.72. The van der Waals surface area contributed by atoms with Crippen LogP contribution >= 0.6 is 11.6 Å². The first-order valence-corrected chi connectivity index (χ1v) is 5.48. The molecule has 0 bridgehead atoms. The Kier molecular flexibility index (Phi) is 3.54. The Bertz CT molecular complexity index is 583. The minimum Gasteiger partial charge on any atom is -0.235 e. The second-order valence-electron chi connectivity index (χ2n) is 3.40. The molecule has 0 aromatic heterocycles. The van der Waals surface area contributed by atoms with Gasteiger partial charge >= 0.3 is 0 Å². The van der Waals surface area contributed by atoms with Crippen LogP contribution < -0.4 is 0 Å². The van der Waals surface area contributed by atoms with Crippen LogP contribution in [0.25, 0.3) is 0 Å². The van der Waals surface area contributed by atoms with Gasteiger partial charge in [0.25, 0.3) is 0 Å². The first-order valence-electron chi connectivity index (χ1n) is 5.10. The van der Waals surface area contributed by atoms with E-state index in [4.69, 9.17) is 16.9 Å². The van der Waals surface area contributed by atoms with Gasteiger partial charge in [-0.25, -0.2) is 4.99 Å². The molecule has 0 fully saturated rings. The minimum atomic E-state index is 0.383. The van der Waals surface area contributed by atoms with Crippen LogP contribution in [0.5, 0.6) is 0 Å². The van der Waals surface area contributed by atoms with Gasteiger partial charge in [0.15, 0.2) is 0 Å². The lowest BCUT2D eigenvalue weighted by Crippen LogP contribution is -1.89. The molecule has 2 aromatic rings. The summed E-state index contributed by atoms with van der Waals surface area (Å²) in [6.45, 7) is 0. The third-order valence-electron chi connectivity index (χ3n) is 2.26. The Morgan fingerprint density at radius 1 is 1.00 bits per heavy atom. The van der Waals surface area contributed by atoms with Crippen molar-refractivity contribution in [3.63, 3.8) is 0 Å². The van der Waals surface area contributed by atoms with Crippen LogP contribution in [0.4, 0.5) is 5.69 Å². The highest BCUT2D eigenvalue weighted by Crippen LogP contribution is 2.20.